The molecule has 0 saturated carbocycles. The van der Waals surface area contributed by atoms with Gasteiger partial charge in [-0.05, 0) is 12.1 Å². The summed E-state index contributed by atoms with van der Waals surface area (Å²) in [5.41, 5.74) is 0.0148. The van der Waals surface area contributed by atoms with Gasteiger partial charge >= 0.3 is 0 Å². The van der Waals surface area contributed by atoms with Gasteiger partial charge in [0.05, 0.1) is 4.92 Å². The summed E-state index contributed by atoms with van der Waals surface area (Å²) in [4.78, 5) is 17.9. The van der Waals surface area contributed by atoms with Gasteiger partial charge in [-0.15, -0.1) is 0 Å². The highest BCUT2D eigenvalue weighted by Crippen LogP contribution is 2.22. The number of hydrogen-bond acceptors (Lipinski definition) is 6. The summed E-state index contributed by atoms with van der Waals surface area (Å²) in [6, 6.07) is 7.39. The number of nitrogens with one attached hydrogen (secondary N) is 1. The molecule has 2 aromatic rings. The Hall–Kier alpha value is -2.70. The molecule has 7 heteroatoms. The number of rotatable bonds is 4. The minimum Gasteiger partial charge on any atom is -0.439 e. The van der Waals surface area contributed by atoms with Gasteiger partial charge < -0.3 is 10.1 Å². The summed E-state index contributed by atoms with van der Waals surface area (Å²) < 4.78 is 5.44. The van der Waals surface area contributed by atoms with E-state index >= 15 is 0 Å². The predicted molar refractivity (Wildman–Crippen MR) is 64.7 cm³/mol. The van der Waals surface area contributed by atoms with Crippen molar-refractivity contribution in [3.8, 4) is 11.6 Å². The Balaban J connectivity index is 2.15. The molecule has 18 heavy (non-hydrogen) atoms. The molecule has 0 radical (unpaired) electrons. The van der Waals surface area contributed by atoms with Crippen LogP contribution in [-0.4, -0.2) is 21.9 Å². The third-order valence-corrected chi connectivity index (χ3v) is 2.17. The van der Waals surface area contributed by atoms with Crippen molar-refractivity contribution in [1.29, 1.82) is 0 Å². The van der Waals surface area contributed by atoms with Crippen LogP contribution in [0.25, 0.3) is 0 Å². The molecule has 7 nitrogen and oxygen atoms in total. The standard InChI is InChI=1S/C11H10N4O3/c1-12-10-6-11(14-7-13-10)18-9-4-2-8(3-5-9)15(16)17/h2-7H,1H3,(H,12,13,14). The fourth-order valence-corrected chi connectivity index (χ4v) is 1.29. The van der Waals surface area contributed by atoms with E-state index in [1.54, 1.807) is 13.1 Å². The Morgan fingerprint density at radius 1 is 1.28 bits per heavy atom. The Kier molecular flexibility index (Phi) is 3.33. The molecule has 1 heterocycles. The first kappa shape index (κ1) is 11.8. The van der Waals surface area contributed by atoms with Crippen LogP contribution in [0.1, 0.15) is 0 Å². The lowest BCUT2D eigenvalue weighted by Crippen LogP contribution is -1.95. The molecule has 0 aliphatic heterocycles. The van der Waals surface area contributed by atoms with E-state index in [0.29, 0.717) is 17.4 Å². The van der Waals surface area contributed by atoms with Crippen LogP contribution >= 0.6 is 0 Å². The number of hydrogen-bond donors (Lipinski definition) is 1. The van der Waals surface area contributed by atoms with Crippen LogP contribution in [-0.2, 0) is 0 Å². The zero-order valence-electron chi connectivity index (χ0n) is 9.53. The van der Waals surface area contributed by atoms with Gasteiger partial charge in [0.25, 0.3) is 5.69 Å². The second kappa shape index (κ2) is 5.09. The van der Waals surface area contributed by atoms with Crippen LogP contribution in [0.4, 0.5) is 11.5 Å². The molecule has 0 atom stereocenters. The van der Waals surface area contributed by atoms with Gasteiger partial charge in [-0.2, -0.15) is 0 Å². The van der Waals surface area contributed by atoms with Crippen molar-refractivity contribution in [2.24, 2.45) is 0 Å². The van der Waals surface area contributed by atoms with E-state index in [-0.39, 0.29) is 5.69 Å². The highest BCUT2D eigenvalue weighted by Gasteiger charge is 2.05. The average Bonchev–Trinajstić information content (AvgIpc) is 2.39. The van der Waals surface area contributed by atoms with Crippen LogP contribution in [0.5, 0.6) is 11.6 Å². The maximum atomic E-state index is 10.5. The van der Waals surface area contributed by atoms with Gasteiger partial charge in [-0.25, -0.2) is 9.97 Å². The van der Waals surface area contributed by atoms with Crippen molar-refractivity contribution in [3.05, 3.63) is 46.8 Å². The summed E-state index contributed by atoms with van der Waals surface area (Å²) in [6.45, 7) is 0. The molecule has 0 saturated heterocycles. The van der Waals surface area contributed by atoms with Crippen molar-refractivity contribution >= 4 is 11.5 Å². The Bertz CT molecular complexity index is 556. The fraction of sp³-hybridized carbons (Fsp3) is 0.0909. The van der Waals surface area contributed by atoms with E-state index in [4.69, 9.17) is 4.74 Å². The highest BCUT2D eigenvalue weighted by atomic mass is 16.6. The number of nitrogens with zero attached hydrogens (tertiary/aromatic N) is 3. The zero-order chi connectivity index (χ0) is 13.0. The smallest absolute Gasteiger partial charge is 0.269 e. The van der Waals surface area contributed by atoms with Gasteiger partial charge in [-0.3, -0.25) is 10.1 Å². The molecule has 0 fully saturated rings. The molecule has 0 bridgehead atoms. The molecule has 92 valence electrons. The molecule has 0 spiro atoms. The van der Waals surface area contributed by atoms with E-state index in [1.165, 1.54) is 30.6 Å². The van der Waals surface area contributed by atoms with Crippen LogP contribution in [0.15, 0.2) is 36.7 Å². The van der Waals surface area contributed by atoms with Crippen LogP contribution in [0.2, 0.25) is 0 Å². The summed E-state index contributed by atoms with van der Waals surface area (Å²) >= 11 is 0. The molecule has 1 N–H and O–H groups in total. The summed E-state index contributed by atoms with van der Waals surface area (Å²) in [6.07, 6.45) is 1.37. The van der Waals surface area contributed by atoms with Gasteiger partial charge in [0, 0.05) is 25.2 Å². The first-order valence-electron chi connectivity index (χ1n) is 5.11. The first-order valence-corrected chi connectivity index (χ1v) is 5.11. The summed E-state index contributed by atoms with van der Waals surface area (Å²) in [5, 5.41) is 13.3. The van der Waals surface area contributed by atoms with Gasteiger partial charge in [0.2, 0.25) is 5.88 Å². The Labute approximate surface area is 103 Å². The maximum Gasteiger partial charge on any atom is 0.269 e. The molecule has 1 aromatic heterocycles. The lowest BCUT2D eigenvalue weighted by atomic mass is 10.3. The Morgan fingerprint density at radius 3 is 2.61 bits per heavy atom. The maximum absolute atomic E-state index is 10.5. The molecule has 1 aromatic carbocycles. The van der Waals surface area contributed by atoms with E-state index < -0.39 is 4.92 Å². The van der Waals surface area contributed by atoms with Gasteiger partial charge in [-0.1, -0.05) is 0 Å². The van der Waals surface area contributed by atoms with E-state index in [9.17, 15) is 10.1 Å². The minimum atomic E-state index is -0.465. The number of benzene rings is 1. The summed E-state index contributed by atoms with van der Waals surface area (Å²) in [7, 11) is 1.73. The second-order valence-corrected chi connectivity index (χ2v) is 3.34. The monoisotopic (exact) mass is 246 g/mol. The van der Waals surface area contributed by atoms with E-state index in [0.717, 1.165) is 0 Å². The first-order chi connectivity index (χ1) is 8.69. The number of aromatic nitrogens is 2. The van der Waals surface area contributed by atoms with Crippen molar-refractivity contribution in [1.82, 2.24) is 9.97 Å². The Morgan fingerprint density at radius 2 is 2.00 bits per heavy atom. The topological polar surface area (TPSA) is 90.2 Å². The SMILES string of the molecule is CNc1cc(Oc2ccc([N+](=O)[O-])cc2)ncn1. The lowest BCUT2D eigenvalue weighted by Gasteiger charge is -2.05. The summed E-state index contributed by atoms with van der Waals surface area (Å²) in [5.74, 6) is 1.46. The van der Waals surface area contributed by atoms with Crippen LogP contribution in [0, 0.1) is 10.1 Å². The number of nitro groups is 1. The predicted octanol–water partition coefficient (Wildman–Crippen LogP) is 2.22. The lowest BCUT2D eigenvalue weighted by molar-refractivity contribution is -0.384. The number of ether oxygens (including phenoxy) is 1. The van der Waals surface area contributed by atoms with Gasteiger partial charge in [0.1, 0.15) is 17.9 Å². The molecule has 0 aliphatic rings. The average molecular weight is 246 g/mol. The largest absolute Gasteiger partial charge is 0.439 e. The van der Waals surface area contributed by atoms with Crippen LogP contribution < -0.4 is 10.1 Å². The van der Waals surface area contributed by atoms with Crippen molar-refractivity contribution in [2.75, 3.05) is 12.4 Å². The molecule has 0 unspecified atom stereocenters. The van der Waals surface area contributed by atoms with Crippen molar-refractivity contribution in [3.63, 3.8) is 0 Å². The van der Waals surface area contributed by atoms with E-state index in [2.05, 4.69) is 15.3 Å². The molecule has 0 amide bonds. The zero-order valence-corrected chi connectivity index (χ0v) is 9.53. The highest BCUT2D eigenvalue weighted by molar-refractivity contribution is 5.40. The third-order valence-electron chi connectivity index (χ3n) is 2.17. The fourth-order valence-electron chi connectivity index (χ4n) is 1.29. The van der Waals surface area contributed by atoms with Crippen molar-refractivity contribution < 1.29 is 9.66 Å². The normalized spacial score (nSPS) is 9.83. The van der Waals surface area contributed by atoms with Crippen molar-refractivity contribution in [2.45, 2.75) is 0 Å². The second-order valence-electron chi connectivity index (χ2n) is 3.34. The van der Waals surface area contributed by atoms with Gasteiger partial charge in [0.15, 0.2) is 0 Å². The van der Waals surface area contributed by atoms with Crippen LogP contribution in [0.3, 0.4) is 0 Å². The number of nitro benzene ring substituents is 1. The number of non-ortho nitro benzene ring substituents is 1. The molecular weight excluding hydrogens is 236 g/mol. The third kappa shape index (κ3) is 2.70. The molecule has 0 aliphatic carbocycles. The number of anilines is 1. The quantitative estimate of drug-likeness (QED) is 0.657. The van der Waals surface area contributed by atoms with E-state index in [1.807, 2.05) is 0 Å². The minimum absolute atomic E-state index is 0.0148. The molecule has 2 rings (SSSR count). The molecular formula is C11H10N4O3.